The Labute approximate surface area is 145 Å². The molecule has 0 saturated carbocycles. The molecule has 8 nitrogen and oxygen atoms in total. The Bertz CT molecular complexity index is 736. The summed E-state index contributed by atoms with van der Waals surface area (Å²) in [6.45, 7) is 1.30. The van der Waals surface area contributed by atoms with E-state index in [1.165, 1.54) is 13.4 Å². The molecule has 0 fully saturated rings. The number of ether oxygens (including phenoxy) is 2. The second-order valence-electron chi connectivity index (χ2n) is 5.05. The smallest absolute Gasteiger partial charge is 0.339 e. The Kier molecular flexibility index (Phi) is 6.85. The van der Waals surface area contributed by atoms with Crippen molar-refractivity contribution in [3.8, 4) is 0 Å². The van der Waals surface area contributed by atoms with Gasteiger partial charge in [-0.2, -0.15) is 0 Å². The van der Waals surface area contributed by atoms with Crippen molar-refractivity contribution in [2.45, 2.75) is 6.42 Å². The summed E-state index contributed by atoms with van der Waals surface area (Å²) in [7, 11) is 2.92. The molecule has 0 atom stereocenters. The molecule has 132 valence electrons. The minimum Gasteiger partial charge on any atom is -0.465 e. The third kappa shape index (κ3) is 5.25. The number of methoxy groups -OCH3 is 2. The van der Waals surface area contributed by atoms with Crippen LogP contribution in [0.1, 0.15) is 27.3 Å². The lowest BCUT2D eigenvalue weighted by atomic mass is 10.1. The average Bonchev–Trinajstić information content (AvgIpc) is 2.65. The van der Waals surface area contributed by atoms with E-state index in [0.29, 0.717) is 24.7 Å². The predicted molar refractivity (Wildman–Crippen MR) is 92.7 cm³/mol. The molecule has 0 bridgehead atoms. The quantitative estimate of drug-likeness (QED) is 0.557. The zero-order chi connectivity index (χ0) is 18.1. The maximum Gasteiger partial charge on any atom is 0.339 e. The molecule has 2 N–H and O–H groups in total. The number of nitrogens with one attached hydrogen (secondary N) is 2. The first-order valence-corrected chi connectivity index (χ1v) is 7.69. The van der Waals surface area contributed by atoms with E-state index in [2.05, 4.69) is 20.6 Å². The molecule has 1 amide bonds. The van der Waals surface area contributed by atoms with Crippen LogP contribution < -0.4 is 10.6 Å². The summed E-state index contributed by atoms with van der Waals surface area (Å²) in [6.07, 6.45) is 2.12. The molecule has 0 spiro atoms. The van der Waals surface area contributed by atoms with Crippen LogP contribution in [0.5, 0.6) is 0 Å². The van der Waals surface area contributed by atoms with E-state index in [1.54, 1.807) is 37.4 Å². The molecule has 0 aliphatic carbocycles. The summed E-state index contributed by atoms with van der Waals surface area (Å²) in [5.41, 5.74) is 0.807. The third-order valence-electron chi connectivity index (χ3n) is 3.31. The largest absolute Gasteiger partial charge is 0.465 e. The Balaban J connectivity index is 2.08. The van der Waals surface area contributed by atoms with Crippen LogP contribution >= 0.6 is 0 Å². The molecule has 8 heteroatoms. The van der Waals surface area contributed by atoms with Crippen molar-refractivity contribution < 1.29 is 19.1 Å². The van der Waals surface area contributed by atoms with Gasteiger partial charge in [0, 0.05) is 26.3 Å². The fraction of sp³-hybridized carbons (Fsp3) is 0.294. The third-order valence-corrected chi connectivity index (χ3v) is 3.31. The number of aromatic nitrogens is 2. The van der Waals surface area contributed by atoms with Gasteiger partial charge in [-0.1, -0.05) is 12.1 Å². The summed E-state index contributed by atoms with van der Waals surface area (Å²) in [5, 5.41) is 5.76. The van der Waals surface area contributed by atoms with Gasteiger partial charge >= 0.3 is 5.97 Å². The zero-order valence-electron chi connectivity index (χ0n) is 14.1. The highest BCUT2D eigenvalue weighted by molar-refractivity contribution is 6.07. The Morgan fingerprint density at radius 1 is 1.16 bits per heavy atom. The molecule has 0 aliphatic heterocycles. The maximum absolute atomic E-state index is 12.4. The molecular formula is C17H20N4O4. The van der Waals surface area contributed by atoms with Crippen molar-refractivity contribution in [1.29, 1.82) is 0 Å². The van der Waals surface area contributed by atoms with E-state index in [9.17, 15) is 9.59 Å². The highest BCUT2D eigenvalue weighted by Gasteiger charge is 2.15. The molecule has 1 aromatic heterocycles. The second kappa shape index (κ2) is 9.33. The summed E-state index contributed by atoms with van der Waals surface area (Å²) in [6, 6.07) is 8.14. The lowest BCUT2D eigenvalue weighted by Crippen LogP contribution is -2.17. The molecule has 1 heterocycles. The number of carbonyl (C=O) groups excluding carboxylic acids is 2. The number of nitrogens with zero attached hydrogens (tertiary/aromatic N) is 2. The van der Waals surface area contributed by atoms with Crippen LogP contribution in [0.25, 0.3) is 0 Å². The number of esters is 1. The van der Waals surface area contributed by atoms with Crippen molar-refractivity contribution in [3.63, 3.8) is 0 Å². The van der Waals surface area contributed by atoms with Crippen LogP contribution in [0.15, 0.2) is 36.7 Å². The Morgan fingerprint density at radius 2 is 1.96 bits per heavy atom. The van der Waals surface area contributed by atoms with Crippen molar-refractivity contribution in [2.75, 3.05) is 38.0 Å². The first kappa shape index (κ1) is 18.3. The van der Waals surface area contributed by atoms with Gasteiger partial charge in [0.25, 0.3) is 5.91 Å². The molecule has 0 unspecified atom stereocenters. The van der Waals surface area contributed by atoms with Gasteiger partial charge in [-0.3, -0.25) is 4.79 Å². The summed E-state index contributed by atoms with van der Waals surface area (Å²) in [4.78, 5) is 32.2. The molecular weight excluding hydrogens is 324 g/mol. The summed E-state index contributed by atoms with van der Waals surface area (Å²) >= 11 is 0. The number of rotatable bonds is 8. The number of benzene rings is 1. The second-order valence-corrected chi connectivity index (χ2v) is 5.05. The molecule has 0 aliphatic rings. The lowest BCUT2D eigenvalue weighted by molar-refractivity contribution is 0.0602. The van der Waals surface area contributed by atoms with E-state index >= 15 is 0 Å². The molecule has 2 aromatic rings. The van der Waals surface area contributed by atoms with E-state index < -0.39 is 11.9 Å². The molecule has 25 heavy (non-hydrogen) atoms. The van der Waals surface area contributed by atoms with Crippen LogP contribution in [0.2, 0.25) is 0 Å². The molecule has 0 saturated heterocycles. The number of para-hydroxylation sites is 1. The average molecular weight is 344 g/mol. The standard InChI is InChI=1S/C17H20N4O4/c1-24-9-5-8-18-15-10-14(19-11-20-15)16(22)21-13-7-4-3-6-12(13)17(23)25-2/h3-4,6-7,10-11H,5,8-9H2,1-2H3,(H,21,22)(H,18,19,20). The van der Waals surface area contributed by atoms with Gasteiger partial charge in [-0.05, 0) is 18.6 Å². The first-order valence-electron chi connectivity index (χ1n) is 7.69. The first-order chi connectivity index (χ1) is 12.2. The number of anilines is 2. The van der Waals surface area contributed by atoms with Gasteiger partial charge in [-0.25, -0.2) is 14.8 Å². The monoisotopic (exact) mass is 344 g/mol. The SMILES string of the molecule is COCCCNc1cc(C(=O)Nc2ccccc2C(=O)OC)ncn1. The molecule has 1 aromatic carbocycles. The lowest BCUT2D eigenvalue weighted by Gasteiger charge is -2.10. The fourth-order valence-electron chi connectivity index (χ4n) is 2.08. The van der Waals surface area contributed by atoms with Crippen LogP contribution in [-0.4, -0.2) is 49.2 Å². The van der Waals surface area contributed by atoms with Gasteiger partial charge in [0.05, 0.1) is 18.4 Å². The molecule has 0 radical (unpaired) electrons. The predicted octanol–water partition coefficient (Wildman–Crippen LogP) is 1.96. The van der Waals surface area contributed by atoms with Crippen LogP contribution in [0.3, 0.4) is 0 Å². The molecule has 2 rings (SSSR count). The van der Waals surface area contributed by atoms with Crippen molar-refractivity contribution in [3.05, 3.63) is 47.9 Å². The number of carbonyl (C=O) groups is 2. The van der Waals surface area contributed by atoms with Gasteiger partial charge in [0.1, 0.15) is 17.8 Å². The Hall–Kier alpha value is -3.00. The highest BCUT2D eigenvalue weighted by atomic mass is 16.5. The van der Waals surface area contributed by atoms with E-state index in [-0.39, 0.29) is 11.3 Å². The van der Waals surface area contributed by atoms with Gasteiger partial charge in [-0.15, -0.1) is 0 Å². The van der Waals surface area contributed by atoms with Gasteiger partial charge < -0.3 is 20.1 Å². The Morgan fingerprint density at radius 3 is 2.72 bits per heavy atom. The minimum atomic E-state index is -0.529. The van der Waals surface area contributed by atoms with E-state index in [4.69, 9.17) is 9.47 Å². The van der Waals surface area contributed by atoms with Crippen molar-refractivity contribution in [2.24, 2.45) is 0 Å². The van der Waals surface area contributed by atoms with E-state index in [1.807, 2.05) is 0 Å². The number of hydrogen-bond acceptors (Lipinski definition) is 7. The number of hydrogen-bond donors (Lipinski definition) is 2. The van der Waals surface area contributed by atoms with Crippen LogP contribution in [-0.2, 0) is 9.47 Å². The van der Waals surface area contributed by atoms with Crippen LogP contribution in [0, 0.1) is 0 Å². The van der Waals surface area contributed by atoms with E-state index in [0.717, 1.165) is 6.42 Å². The van der Waals surface area contributed by atoms with Crippen LogP contribution in [0.4, 0.5) is 11.5 Å². The normalized spacial score (nSPS) is 10.2. The maximum atomic E-state index is 12.4. The summed E-state index contributed by atoms with van der Waals surface area (Å²) in [5.74, 6) is -0.435. The summed E-state index contributed by atoms with van der Waals surface area (Å²) < 4.78 is 9.68. The highest BCUT2D eigenvalue weighted by Crippen LogP contribution is 2.17. The van der Waals surface area contributed by atoms with Crippen molar-refractivity contribution >= 4 is 23.4 Å². The topological polar surface area (TPSA) is 102 Å². The van der Waals surface area contributed by atoms with Crippen molar-refractivity contribution in [1.82, 2.24) is 9.97 Å². The minimum absolute atomic E-state index is 0.184. The van der Waals surface area contributed by atoms with Gasteiger partial charge in [0.15, 0.2) is 0 Å². The van der Waals surface area contributed by atoms with Gasteiger partial charge in [0.2, 0.25) is 0 Å². The zero-order valence-corrected chi connectivity index (χ0v) is 14.1. The number of amides is 1. The fourth-order valence-corrected chi connectivity index (χ4v) is 2.08.